The first-order chi connectivity index (χ1) is 13.7. The van der Waals surface area contributed by atoms with Crippen molar-refractivity contribution >= 4 is 34.9 Å². The fourth-order valence-corrected chi connectivity index (χ4v) is 4.97. The summed E-state index contributed by atoms with van der Waals surface area (Å²) in [6.45, 7) is 6.64. The average molecular weight is 403 g/mol. The van der Waals surface area contributed by atoms with Crippen molar-refractivity contribution < 1.29 is 0 Å². The molecule has 0 spiro atoms. The number of rotatable bonds is 4. The fourth-order valence-electron chi connectivity index (χ4n) is 4.72. The van der Waals surface area contributed by atoms with Crippen LogP contribution in [0.4, 0.5) is 17.6 Å². The van der Waals surface area contributed by atoms with E-state index in [1.807, 2.05) is 0 Å². The van der Waals surface area contributed by atoms with E-state index in [1.54, 1.807) is 0 Å². The molecule has 154 valence electrons. The van der Waals surface area contributed by atoms with Gasteiger partial charge in [-0.1, -0.05) is 19.8 Å². The van der Waals surface area contributed by atoms with Crippen LogP contribution in [0.25, 0.3) is 0 Å². The molecule has 3 fully saturated rings. The summed E-state index contributed by atoms with van der Waals surface area (Å²) < 4.78 is 0. The highest BCUT2D eigenvalue weighted by atomic mass is 32.1. The Morgan fingerprint density at radius 2 is 1.61 bits per heavy atom. The molecule has 1 atom stereocenters. The summed E-state index contributed by atoms with van der Waals surface area (Å²) in [5, 5.41) is 7.38. The second-order valence-corrected chi connectivity index (χ2v) is 9.14. The molecule has 3 heterocycles. The fraction of sp³-hybridized carbons (Fsp3) is 0.762. The zero-order valence-electron chi connectivity index (χ0n) is 17.1. The molecule has 0 unspecified atom stereocenters. The van der Waals surface area contributed by atoms with E-state index in [-0.39, 0.29) is 0 Å². The number of aromatic nitrogens is 2. The molecular weight excluding hydrogens is 368 g/mol. The number of nitrogens with zero attached hydrogens (tertiary/aromatic N) is 4. The first-order valence-corrected chi connectivity index (χ1v) is 11.5. The summed E-state index contributed by atoms with van der Waals surface area (Å²) in [5.41, 5.74) is 0. The molecule has 0 radical (unpaired) electrons. The number of nitrogens with one attached hydrogen (secondary N) is 2. The second kappa shape index (κ2) is 9.25. The van der Waals surface area contributed by atoms with Crippen molar-refractivity contribution in [3.8, 4) is 0 Å². The predicted molar refractivity (Wildman–Crippen MR) is 120 cm³/mol. The minimum atomic E-state index is 0.493. The van der Waals surface area contributed by atoms with E-state index in [4.69, 9.17) is 22.2 Å². The van der Waals surface area contributed by atoms with Crippen molar-refractivity contribution in [3.63, 3.8) is 0 Å². The molecule has 0 amide bonds. The predicted octanol–water partition coefficient (Wildman–Crippen LogP) is 3.93. The monoisotopic (exact) mass is 402 g/mol. The molecular formula is C21H34N6S. The maximum atomic E-state index is 5.56. The smallest absolute Gasteiger partial charge is 0.232 e. The van der Waals surface area contributed by atoms with Crippen LogP contribution in [0.1, 0.15) is 64.7 Å². The maximum Gasteiger partial charge on any atom is 0.232 e. The largest absolute Gasteiger partial charge is 0.360 e. The quantitative estimate of drug-likeness (QED) is 0.740. The van der Waals surface area contributed by atoms with E-state index in [0.717, 1.165) is 37.8 Å². The molecule has 0 bridgehead atoms. The van der Waals surface area contributed by atoms with Gasteiger partial charge >= 0.3 is 0 Å². The van der Waals surface area contributed by atoms with Crippen molar-refractivity contribution in [1.29, 1.82) is 0 Å². The summed E-state index contributed by atoms with van der Waals surface area (Å²) in [4.78, 5) is 14.5. The Balaban J connectivity index is 1.53. The Kier molecular flexibility index (Phi) is 6.50. The lowest BCUT2D eigenvalue weighted by atomic mass is 10.0. The van der Waals surface area contributed by atoms with Crippen LogP contribution in [-0.2, 0) is 0 Å². The van der Waals surface area contributed by atoms with E-state index in [2.05, 4.69) is 33.4 Å². The Labute approximate surface area is 174 Å². The van der Waals surface area contributed by atoms with Gasteiger partial charge in [-0.05, 0) is 63.1 Å². The van der Waals surface area contributed by atoms with Crippen LogP contribution in [0.5, 0.6) is 0 Å². The van der Waals surface area contributed by atoms with Crippen molar-refractivity contribution in [2.45, 2.75) is 70.8 Å². The Morgan fingerprint density at radius 3 is 2.32 bits per heavy atom. The zero-order chi connectivity index (χ0) is 19.3. The standard InChI is InChI=1S/C21H34N6S/c1-16-8-7-13-27(15-16)19-14-18(26-11-5-2-6-12-26)23-20(24-19)25-21(28)22-17-9-3-4-10-17/h14,16-17H,2-13,15H2,1H3,(H2,22,23,24,25,28)/t16-/m1/s1. The normalized spacial score (nSPS) is 23.7. The third kappa shape index (κ3) is 5.04. The Hall–Kier alpha value is -1.63. The van der Waals surface area contributed by atoms with Crippen molar-refractivity contribution in [2.24, 2.45) is 5.92 Å². The number of piperidine rings is 2. The molecule has 28 heavy (non-hydrogen) atoms. The van der Waals surface area contributed by atoms with Gasteiger partial charge in [0.25, 0.3) is 0 Å². The SMILES string of the molecule is C[C@@H]1CCCN(c2cc(N3CCCCC3)nc(NC(=S)NC3CCCC3)n2)C1. The number of anilines is 3. The molecule has 1 saturated carbocycles. The Morgan fingerprint density at radius 1 is 0.929 bits per heavy atom. The average Bonchev–Trinajstić information content (AvgIpc) is 3.21. The van der Waals surface area contributed by atoms with E-state index in [9.17, 15) is 0 Å². The minimum Gasteiger partial charge on any atom is -0.360 e. The van der Waals surface area contributed by atoms with Crippen LogP contribution in [0, 0.1) is 5.92 Å². The van der Waals surface area contributed by atoms with E-state index in [1.165, 1.54) is 57.8 Å². The molecule has 2 aliphatic heterocycles. The third-order valence-electron chi connectivity index (χ3n) is 6.28. The van der Waals surface area contributed by atoms with Gasteiger partial charge in [-0.3, -0.25) is 0 Å². The summed E-state index contributed by atoms with van der Waals surface area (Å²) >= 11 is 5.56. The molecule has 3 aliphatic rings. The van der Waals surface area contributed by atoms with Crippen LogP contribution in [0.15, 0.2) is 6.07 Å². The number of hydrogen-bond acceptors (Lipinski definition) is 5. The van der Waals surface area contributed by atoms with E-state index in [0.29, 0.717) is 23.0 Å². The topological polar surface area (TPSA) is 56.3 Å². The van der Waals surface area contributed by atoms with Gasteiger partial charge in [0.1, 0.15) is 11.6 Å². The molecule has 4 rings (SSSR count). The summed E-state index contributed by atoms with van der Waals surface area (Å²) in [7, 11) is 0. The number of hydrogen-bond donors (Lipinski definition) is 2. The first-order valence-electron chi connectivity index (χ1n) is 11.1. The summed E-state index contributed by atoms with van der Waals surface area (Å²) in [6, 6.07) is 2.68. The summed E-state index contributed by atoms with van der Waals surface area (Å²) in [6.07, 6.45) is 11.3. The van der Waals surface area contributed by atoms with Crippen molar-refractivity contribution in [2.75, 3.05) is 41.3 Å². The zero-order valence-corrected chi connectivity index (χ0v) is 17.9. The van der Waals surface area contributed by atoms with Crippen LogP contribution in [0.3, 0.4) is 0 Å². The van der Waals surface area contributed by atoms with Gasteiger partial charge in [-0.25, -0.2) is 0 Å². The van der Waals surface area contributed by atoms with Gasteiger partial charge < -0.3 is 20.4 Å². The maximum absolute atomic E-state index is 5.56. The van der Waals surface area contributed by atoms with E-state index >= 15 is 0 Å². The van der Waals surface area contributed by atoms with Crippen LogP contribution < -0.4 is 20.4 Å². The molecule has 1 aromatic heterocycles. The molecule has 1 aromatic rings. The highest BCUT2D eigenvalue weighted by Crippen LogP contribution is 2.27. The molecule has 2 N–H and O–H groups in total. The lowest BCUT2D eigenvalue weighted by Gasteiger charge is -2.33. The van der Waals surface area contributed by atoms with Gasteiger partial charge in [0, 0.05) is 38.3 Å². The first kappa shape index (κ1) is 19.7. The lowest BCUT2D eigenvalue weighted by molar-refractivity contribution is 0.444. The van der Waals surface area contributed by atoms with Crippen molar-refractivity contribution in [1.82, 2.24) is 15.3 Å². The van der Waals surface area contributed by atoms with Crippen LogP contribution >= 0.6 is 12.2 Å². The molecule has 2 saturated heterocycles. The van der Waals surface area contributed by atoms with Gasteiger partial charge in [-0.15, -0.1) is 0 Å². The molecule has 0 aromatic carbocycles. The Bertz CT molecular complexity index is 669. The highest BCUT2D eigenvalue weighted by Gasteiger charge is 2.22. The molecule has 6 nitrogen and oxygen atoms in total. The number of thiocarbonyl (C=S) groups is 1. The minimum absolute atomic E-state index is 0.493. The molecule has 7 heteroatoms. The van der Waals surface area contributed by atoms with Gasteiger partial charge in [0.15, 0.2) is 5.11 Å². The molecule has 1 aliphatic carbocycles. The summed E-state index contributed by atoms with van der Waals surface area (Å²) in [5.74, 6) is 3.41. The van der Waals surface area contributed by atoms with Crippen LogP contribution in [0.2, 0.25) is 0 Å². The van der Waals surface area contributed by atoms with E-state index < -0.39 is 0 Å². The van der Waals surface area contributed by atoms with Crippen molar-refractivity contribution in [3.05, 3.63) is 6.07 Å². The lowest BCUT2D eigenvalue weighted by Crippen LogP contribution is -2.38. The third-order valence-corrected chi connectivity index (χ3v) is 6.50. The second-order valence-electron chi connectivity index (χ2n) is 8.73. The van der Waals surface area contributed by atoms with Gasteiger partial charge in [0.05, 0.1) is 0 Å². The van der Waals surface area contributed by atoms with Gasteiger partial charge in [-0.2, -0.15) is 9.97 Å². The van der Waals surface area contributed by atoms with Gasteiger partial charge in [0.2, 0.25) is 5.95 Å². The highest BCUT2D eigenvalue weighted by molar-refractivity contribution is 7.80. The van der Waals surface area contributed by atoms with Crippen LogP contribution in [-0.4, -0.2) is 47.3 Å².